The van der Waals surface area contributed by atoms with Crippen molar-refractivity contribution in [2.45, 2.75) is 11.7 Å². The largest absolute Gasteiger partial charge is 0.256 e. The Labute approximate surface area is 83.6 Å². The van der Waals surface area contributed by atoms with Crippen LogP contribution in [0.1, 0.15) is 18.2 Å². The highest BCUT2D eigenvalue weighted by Gasteiger charge is 2.13. The van der Waals surface area contributed by atoms with Gasteiger partial charge in [-0.2, -0.15) is 12.6 Å². The van der Waals surface area contributed by atoms with Gasteiger partial charge in [0, 0.05) is 10.9 Å². The van der Waals surface area contributed by atoms with Crippen LogP contribution in [0.5, 0.6) is 0 Å². The van der Waals surface area contributed by atoms with Gasteiger partial charge in [-0.05, 0) is 24.6 Å². The third kappa shape index (κ3) is 1.83. The SMILES string of the molecule is CC1(S)C=Cc2cccnc2C=C1. The van der Waals surface area contributed by atoms with Gasteiger partial charge < -0.3 is 0 Å². The first-order valence-corrected chi connectivity index (χ1v) is 4.68. The molecule has 0 saturated carbocycles. The van der Waals surface area contributed by atoms with Crippen LogP contribution < -0.4 is 0 Å². The van der Waals surface area contributed by atoms with E-state index in [9.17, 15) is 0 Å². The minimum Gasteiger partial charge on any atom is -0.256 e. The molecule has 1 aliphatic carbocycles. The van der Waals surface area contributed by atoms with E-state index in [4.69, 9.17) is 0 Å². The van der Waals surface area contributed by atoms with Crippen molar-refractivity contribution >= 4 is 24.8 Å². The van der Waals surface area contributed by atoms with Gasteiger partial charge in [-0.3, -0.25) is 4.98 Å². The van der Waals surface area contributed by atoms with Gasteiger partial charge >= 0.3 is 0 Å². The maximum Gasteiger partial charge on any atom is 0.0699 e. The maximum absolute atomic E-state index is 4.49. The van der Waals surface area contributed by atoms with Crippen molar-refractivity contribution in [2.75, 3.05) is 0 Å². The summed E-state index contributed by atoms with van der Waals surface area (Å²) in [7, 11) is 0. The molecule has 2 rings (SSSR count). The molecule has 1 nitrogen and oxygen atoms in total. The molecule has 1 aromatic heterocycles. The van der Waals surface area contributed by atoms with Crippen molar-refractivity contribution in [1.29, 1.82) is 0 Å². The van der Waals surface area contributed by atoms with E-state index in [0.717, 1.165) is 11.3 Å². The van der Waals surface area contributed by atoms with Crippen LogP contribution in [0.3, 0.4) is 0 Å². The molecule has 1 aromatic rings. The standard InChI is InChI=1S/C11H11NS/c1-11(13)6-4-9-3-2-8-12-10(9)5-7-11/h2-8,13H,1H3. The smallest absolute Gasteiger partial charge is 0.0699 e. The van der Waals surface area contributed by atoms with E-state index in [1.165, 1.54) is 0 Å². The zero-order valence-electron chi connectivity index (χ0n) is 7.44. The van der Waals surface area contributed by atoms with Crippen LogP contribution in [-0.2, 0) is 0 Å². The fourth-order valence-corrected chi connectivity index (χ4v) is 1.42. The topological polar surface area (TPSA) is 12.9 Å². The van der Waals surface area contributed by atoms with E-state index >= 15 is 0 Å². The lowest BCUT2D eigenvalue weighted by atomic mass is 10.1. The highest BCUT2D eigenvalue weighted by atomic mass is 32.1. The van der Waals surface area contributed by atoms with E-state index in [-0.39, 0.29) is 4.75 Å². The van der Waals surface area contributed by atoms with Crippen molar-refractivity contribution in [2.24, 2.45) is 0 Å². The molecule has 0 fully saturated rings. The molecule has 0 spiro atoms. The molecule has 0 amide bonds. The Morgan fingerprint density at radius 1 is 1.31 bits per heavy atom. The summed E-state index contributed by atoms with van der Waals surface area (Å²) in [5.41, 5.74) is 2.16. The molecule has 66 valence electrons. The molecular weight excluding hydrogens is 178 g/mol. The molecule has 13 heavy (non-hydrogen) atoms. The van der Waals surface area contributed by atoms with Gasteiger partial charge in [0.25, 0.3) is 0 Å². The zero-order valence-corrected chi connectivity index (χ0v) is 8.33. The van der Waals surface area contributed by atoms with E-state index in [1.807, 2.05) is 18.2 Å². The van der Waals surface area contributed by atoms with Gasteiger partial charge in [0.2, 0.25) is 0 Å². The minimum absolute atomic E-state index is 0.166. The molecule has 0 aromatic carbocycles. The monoisotopic (exact) mass is 189 g/mol. The average molecular weight is 189 g/mol. The van der Waals surface area contributed by atoms with Crippen LogP contribution in [0.4, 0.5) is 0 Å². The highest BCUT2D eigenvalue weighted by molar-refractivity contribution is 7.82. The lowest BCUT2D eigenvalue weighted by Gasteiger charge is -2.10. The van der Waals surface area contributed by atoms with Crippen LogP contribution >= 0.6 is 12.6 Å². The molecule has 0 radical (unpaired) electrons. The summed E-state index contributed by atoms with van der Waals surface area (Å²) in [5, 5.41) is 0. The molecular formula is C11H11NS. The molecule has 1 atom stereocenters. The molecule has 1 unspecified atom stereocenters. The predicted octanol–water partition coefficient (Wildman–Crippen LogP) is 2.81. The summed E-state index contributed by atoms with van der Waals surface area (Å²) in [6.07, 6.45) is 10.0. The summed E-state index contributed by atoms with van der Waals surface area (Å²) in [6.45, 7) is 2.05. The first-order valence-electron chi connectivity index (χ1n) is 4.23. The number of aromatic nitrogens is 1. The van der Waals surface area contributed by atoms with Crippen LogP contribution in [0.25, 0.3) is 12.2 Å². The average Bonchev–Trinajstić information content (AvgIpc) is 2.27. The zero-order chi connectivity index (χ0) is 9.31. The van der Waals surface area contributed by atoms with E-state index < -0.39 is 0 Å². The first kappa shape index (κ1) is 8.57. The molecule has 0 N–H and O–H groups in total. The van der Waals surface area contributed by atoms with Crippen LogP contribution in [-0.4, -0.2) is 9.73 Å². The fraction of sp³-hybridized carbons (Fsp3) is 0.182. The second kappa shape index (κ2) is 3.04. The molecule has 1 heterocycles. The van der Waals surface area contributed by atoms with Crippen molar-refractivity contribution in [3.05, 3.63) is 41.7 Å². The van der Waals surface area contributed by atoms with Gasteiger partial charge in [-0.1, -0.05) is 24.3 Å². The minimum atomic E-state index is -0.166. The molecule has 0 saturated heterocycles. The predicted molar refractivity (Wildman–Crippen MR) is 59.7 cm³/mol. The summed E-state index contributed by atoms with van der Waals surface area (Å²) in [4.78, 5) is 4.27. The van der Waals surface area contributed by atoms with Gasteiger partial charge in [-0.25, -0.2) is 0 Å². The Bertz CT molecular complexity index is 342. The Kier molecular flexibility index (Phi) is 2.00. The van der Waals surface area contributed by atoms with Crippen molar-refractivity contribution in [3.8, 4) is 0 Å². The quantitative estimate of drug-likeness (QED) is 0.619. The number of thiol groups is 1. The molecule has 1 aliphatic rings. The van der Waals surface area contributed by atoms with Crippen molar-refractivity contribution in [1.82, 2.24) is 4.98 Å². The number of nitrogens with zero attached hydrogens (tertiary/aromatic N) is 1. The number of hydrogen-bond donors (Lipinski definition) is 1. The fourth-order valence-electron chi connectivity index (χ4n) is 1.27. The summed E-state index contributed by atoms with van der Waals surface area (Å²) < 4.78 is -0.166. The Balaban J connectivity index is 2.53. The molecule has 2 heteroatoms. The Morgan fingerprint density at radius 3 is 2.92 bits per heavy atom. The third-order valence-electron chi connectivity index (χ3n) is 2.05. The van der Waals surface area contributed by atoms with Crippen molar-refractivity contribution in [3.63, 3.8) is 0 Å². The summed E-state index contributed by atoms with van der Waals surface area (Å²) in [5.74, 6) is 0. The van der Waals surface area contributed by atoms with Crippen molar-refractivity contribution < 1.29 is 0 Å². The van der Waals surface area contributed by atoms with E-state index in [2.05, 4.69) is 42.8 Å². The molecule has 0 bridgehead atoms. The number of fused-ring (bicyclic) bond motifs is 1. The lowest BCUT2D eigenvalue weighted by Crippen LogP contribution is -2.05. The third-order valence-corrected chi connectivity index (χ3v) is 2.35. The molecule has 0 aliphatic heterocycles. The second-order valence-electron chi connectivity index (χ2n) is 3.37. The Hall–Kier alpha value is -1.02. The van der Waals surface area contributed by atoms with E-state index in [0.29, 0.717) is 0 Å². The van der Waals surface area contributed by atoms with Gasteiger partial charge in [-0.15, -0.1) is 0 Å². The van der Waals surface area contributed by atoms with E-state index in [1.54, 1.807) is 6.20 Å². The number of hydrogen-bond acceptors (Lipinski definition) is 2. The summed E-state index contributed by atoms with van der Waals surface area (Å²) in [6, 6.07) is 4.00. The van der Waals surface area contributed by atoms with Gasteiger partial charge in [0.1, 0.15) is 0 Å². The first-order chi connectivity index (χ1) is 6.17. The number of pyridine rings is 1. The number of rotatable bonds is 0. The van der Waals surface area contributed by atoms with Crippen LogP contribution in [0.15, 0.2) is 30.5 Å². The van der Waals surface area contributed by atoms with Gasteiger partial charge in [0.15, 0.2) is 0 Å². The normalized spacial score (nSPS) is 25.4. The van der Waals surface area contributed by atoms with Gasteiger partial charge in [0.05, 0.1) is 5.69 Å². The van der Waals surface area contributed by atoms with Crippen LogP contribution in [0.2, 0.25) is 0 Å². The summed E-state index contributed by atoms with van der Waals surface area (Å²) >= 11 is 4.49. The second-order valence-corrected chi connectivity index (χ2v) is 4.33. The lowest BCUT2D eigenvalue weighted by molar-refractivity contribution is 1.03. The van der Waals surface area contributed by atoms with Crippen LogP contribution in [0, 0.1) is 0 Å². The highest BCUT2D eigenvalue weighted by Crippen LogP contribution is 2.24. The Morgan fingerprint density at radius 2 is 2.08 bits per heavy atom. The maximum atomic E-state index is 4.49.